The van der Waals surface area contributed by atoms with Gasteiger partial charge in [0.25, 0.3) is 5.91 Å². The maximum absolute atomic E-state index is 12.4. The highest BCUT2D eigenvalue weighted by atomic mass is 32.1. The van der Waals surface area contributed by atoms with Gasteiger partial charge in [-0.05, 0) is 36.4 Å². The van der Waals surface area contributed by atoms with Gasteiger partial charge in [-0.1, -0.05) is 0 Å². The maximum Gasteiger partial charge on any atom is 0.337 e. The number of ether oxygens (including phenoxy) is 3. The molecule has 8 nitrogen and oxygen atoms in total. The Bertz CT molecular complexity index is 1020. The molecule has 0 saturated carbocycles. The van der Waals surface area contributed by atoms with Crippen molar-refractivity contribution in [3.05, 3.63) is 59.1 Å². The summed E-state index contributed by atoms with van der Waals surface area (Å²) in [6, 6.07) is 11.8. The van der Waals surface area contributed by atoms with Gasteiger partial charge < -0.3 is 24.8 Å². The molecule has 9 heteroatoms. The first-order valence-electron chi connectivity index (χ1n) is 8.48. The molecule has 0 aliphatic heterocycles. The average molecular weight is 413 g/mol. The second kappa shape index (κ2) is 9.07. The molecule has 0 radical (unpaired) electrons. The van der Waals surface area contributed by atoms with E-state index in [1.807, 2.05) is 6.07 Å². The van der Waals surface area contributed by atoms with Gasteiger partial charge in [0.05, 0.1) is 26.9 Å². The SMILES string of the molecule is COC(=O)c1ccc(NC(=O)c2csc(Nc3ccc(OC)c(OC)c3)n2)cc1. The number of carbonyl (C=O) groups excluding carboxylic acids is 2. The number of thiazole rings is 1. The molecule has 0 atom stereocenters. The fraction of sp³-hybridized carbons (Fsp3) is 0.150. The van der Waals surface area contributed by atoms with Gasteiger partial charge in [0.15, 0.2) is 16.6 Å². The molecule has 2 aromatic carbocycles. The van der Waals surface area contributed by atoms with Crippen LogP contribution < -0.4 is 20.1 Å². The van der Waals surface area contributed by atoms with Crippen LogP contribution in [0.4, 0.5) is 16.5 Å². The number of benzene rings is 2. The molecule has 0 bridgehead atoms. The summed E-state index contributed by atoms with van der Waals surface area (Å²) in [6.07, 6.45) is 0. The summed E-state index contributed by atoms with van der Waals surface area (Å²) < 4.78 is 15.1. The number of hydrogen-bond acceptors (Lipinski definition) is 8. The van der Waals surface area contributed by atoms with Crippen LogP contribution in [-0.2, 0) is 4.74 Å². The van der Waals surface area contributed by atoms with Crippen molar-refractivity contribution in [2.24, 2.45) is 0 Å². The van der Waals surface area contributed by atoms with E-state index in [1.54, 1.807) is 56.0 Å². The van der Waals surface area contributed by atoms with Crippen molar-refractivity contribution in [3.8, 4) is 11.5 Å². The van der Waals surface area contributed by atoms with Gasteiger partial charge in [-0.15, -0.1) is 11.3 Å². The summed E-state index contributed by atoms with van der Waals surface area (Å²) in [6.45, 7) is 0. The topological polar surface area (TPSA) is 98.8 Å². The highest BCUT2D eigenvalue weighted by Gasteiger charge is 2.13. The molecule has 0 aliphatic rings. The summed E-state index contributed by atoms with van der Waals surface area (Å²) in [4.78, 5) is 28.2. The number of methoxy groups -OCH3 is 3. The fourth-order valence-corrected chi connectivity index (χ4v) is 3.19. The monoisotopic (exact) mass is 413 g/mol. The largest absolute Gasteiger partial charge is 0.493 e. The first-order valence-corrected chi connectivity index (χ1v) is 9.36. The zero-order valence-electron chi connectivity index (χ0n) is 16.0. The van der Waals surface area contributed by atoms with Crippen molar-refractivity contribution in [1.29, 1.82) is 0 Å². The standard InChI is InChI=1S/C20H19N3O5S/c1-26-16-9-8-14(10-17(16)27-2)22-20-23-15(11-29-20)18(24)21-13-6-4-12(5-7-13)19(25)28-3/h4-11H,1-3H3,(H,21,24)(H,22,23). The lowest BCUT2D eigenvalue weighted by molar-refractivity contribution is 0.0600. The number of amides is 1. The zero-order chi connectivity index (χ0) is 20.8. The van der Waals surface area contributed by atoms with Crippen LogP contribution in [0.1, 0.15) is 20.8 Å². The normalized spacial score (nSPS) is 10.2. The first kappa shape index (κ1) is 20.2. The number of rotatable bonds is 7. The van der Waals surface area contributed by atoms with Crippen LogP contribution in [0.5, 0.6) is 11.5 Å². The number of nitrogens with one attached hydrogen (secondary N) is 2. The second-order valence-electron chi connectivity index (χ2n) is 5.76. The van der Waals surface area contributed by atoms with Gasteiger partial charge >= 0.3 is 5.97 Å². The molecule has 3 rings (SSSR count). The van der Waals surface area contributed by atoms with Crippen molar-refractivity contribution < 1.29 is 23.8 Å². The Morgan fingerprint density at radius 3 is 2.28 bits per heavy atom. The van der Waals surface area contributed by atoms with Gasteiger partial charge in [0.1, 0.15) is 5.69 Å². The van der Waals surface area contributed by atoms with Gasteiger partial charge in [-0.3, -0.25) is 4.79 Å². The predicted molar refractivity (Wildman–Crippen MR) is 111 cm³/mol. The predicted octanol–water partition coefficient (Wildman–Crippen LogP) is 3.94. The Morgan fingerprint density at radius 2 is 1.62 bits per heavy atom. The molecule has 3 aromatic rings. The number of aromatic nitrogens is 1. The van der Waals surface area contributed by atoms with Crippen LogP contribution in [0.15, 0.2) is 47.8 Å². The van der Waals surface area contributed by atoms with E-state index in [9.17, 15) is 9.59 Å². The van der Waals surface area contributed by atoms with Gasteiger partial charge in [-0.2, -0.15) is 0 Å². The summed E-state index contributed by atoms with van der Waals surface area (Å²) in [5, 5.41) is 8.09. The van der Waals surface area contributed by atoms with E-state index >= 15 is 0 Å². The molecule has 29 heavy (non-hydrogen) atoms. The second-order valence-corrected chi connectivity index (χ2v) is 6.61. The minimum atomic E-state index is -0.437. The summed E-state index contributed by atoms with van der Waals surface area (Å²) in [5.74, 6) is 0.415. The van der Waals surface area contributed by atoms with Gasteiger partial charge in [0.2, 0.25) is 0 Å². The van der Waals surface area contributed by atoms with Crippen molar-refractivity contribution >= 4 is 39.7 Å². The van der Waals surface area contributed by atoms with Crippen molar-refractivity contribution in [2.75, 3.05) is 32.0 Å². The van der Waals surface area contributed by atoms with Crippen LogP contribution in [0.3, 0.4) is 0 Å². The first-order chi connectivity index (χ1) is 14.0. The molecule has 2 N–H and O–H groups in total. The molecule has 1 aromatic heterocycles. The third-order valence-electron chi connectivity index (χ3n) is 3.94. The highest BCUT2D eigenvalue weighted by Crippen LogP contribution is 2.31. The Morgan fingerprint density at radius 1 is 0.931 bits per heavy atom. The minimum absolute atomic E-state index is 0.273. The third-order valence-corrected chi connectivity index (χ3v) is 4.69. The van der Waals surface area contributed by atoms with Crippen LogP contribution in [0.25, 0.3) is 0 Å². The van der Waals surface area contributed by atoms with Crippen molar-refractivity contribution in [2.45, 2.75) is 0 Å². The Kier molecular flexibility index (Phi) is 6.30. The van der Waals surface area contributed by atoms with Crippen LogP contribution >= 0.6 is 11.3 Å². The number of esters is 1. The van der Waals surface area contributed by atoms with E-state index in [-0.39, 0.29) is 11.6 Å². The number of carbonyl (C=O) groups is 2. The van der Waals surface area contributed by atoms with E-state index in [2.05, 4.69) is 20.4 Å². The summed E-state index contributed by atoms with van der Waals surface area (Å²) in [7, 11) is 4.44. The third kappa shape index (κ3) is 4.82. The Balaban J connectivity index is 1.66. The molecular weight excluding hydrogens is 394 g/mol. The maximum atomic E-state index is 12.4. The van der Waals surface area contributed by atoms with E-state index in [0.717, 1.165) is 5.69 Å². The summed E-state index contributed by atoms with van der Waals surface area (Å²) >= 11 is 1.30. The molecule has 1 heterocycles. The molecule has 0 saturated heterocycles. The van der Waals surface area contributed by atoms with Crippen molar-refractivity contribution in [1.82, 2.24) is 4.98 Å². The van der Waals surface area contributed by atoms with Crippen molar-refractivity contribution in [3.63, 3.8) is 0 Å². The number of hydrogen-bond donors (Lipinski definition) is 2. The minimum Gasteiger partial charge on any atom is -0.493 e. The Hall–Kier alpha value is -3.59. The van der Waals surface area contributed by atoms with Crippen LogP contribution in [0, 0.1) is 0 Å². The molecular formula is C20H19N3O5S. The number of anilines is 3. The molecule has 0 unspecified atom stereocenters. The zero-order valence-corrected chi connectivity index (χ0v) is 16.8. The highest BCUT2D eigenvalue weighted by molar-refractivity contribution is 7.14. The molecule has 0 fully saturated rings. The molecule has 0 spiro atoms. The number of nitrogens with zero attached hydrogens (tertiary/aromatic N) is 1. The molecule has 150 valence electrons. The lowest BCUT2D eigenvalue weighted by atomic mass is 10.2. The van der Waals surface area contributed by atoms with Gasteiger partial charge in [-0.25, -0.2) is 9.78 Å². The van der Waals surface area contributed by atoms with E-state index in [4.69, 9.17) is 9.47 Å². The van der Waals surface area contributed by atoms with Crippen LogP contribution in [0.2, 0.25) is 0 Å². The smallest absolute Gasteiger partial charge is 0.337 e. The summed E-state index contributed by atoms with van der Waals surface area (Å²) in [5.41, 5.74) is 1.97. The Labute approximate surface area is 171 Å². The lowest BCUT2D eigenvalue weighted by Crippen LogP contribution is -2.12. The lowest BCUT2D eigenvalue weighted by Gasteiger charge is -2.09. The molecule has 1 amide bonds. The average Bonchev–Trinajstić information content (AvgIpc) is 3.22. The quantitative estimate of drug-likeness (QED) is 0.566. The van der Waals surface area contributed by atoms with Crippen LogP contribution in [-0.4, -0.2) is 38.2 Å². The van der Waals surface area contributed by atoms with Gasteiger partial charge in [0, 0.05) is 22.8 Å². The molecule has 0 aliphatic carbocycles. The van der Waals surface area contributed by atoms with E-state index in [0.29, 0.717) is 27.9 Å². The van der Waals surface area contributed by atoms with E-state index in [1.165, 1.54) is 18.4 Å². The fourth-order valence-electron chi connectivity index (χ4n) is 2.48. The van der Waals surface area contributed by atoms with E-state index < -0.39 is 5.97 Å².